The zero-order valence-electron chi connectivity index (χ0n) is 68.1. The molecule has 0 fully saturated rings. The van der Waals surface area contributed by atoms with E-state index in [1.54, 1.807) is 0 Å². The molecule has 0 amide bonds. The lowest BCUT2D eigenvalue weighted by molar-refractivity contribution is -0.870. The maximum Gasteiger partial charge on any atom is 0.361 e. The summed E-state index contributed by atoms with van der Waals surface area (Å²) >= 11 is 0. The Balaban J connectivity index is 4.09. The first-order valence-corrected chi connectivity index (χ1v) is 42.6. The molecule has 105 heavy (non-hydrogen) atoms. The molecule has 2 atom stereocenters. The van der Waals surface area contributed by atoms with Gasteiger partial charge in [0.1, 0.15) is 13.2 Å². The van der Waals surface area contributed by atoms with Gasteiger partial charge >= 0.3 is 17.9 Å². The highest BCUT2D eigenvalue weighted by atomic mass is 16.7. The Hall–Kier alpha value is -5.87. The number of carbonyl (C=O) groups is 3. The summed E-state index contributed by atoms with van der Waals surface area (Å²) in [4.78, 5) is 37.8. The van der Waals surface area contributed by atoms with Crippen molar-refractivity contribution >= 4 is 17.9 Å². The van der Waals surface area contributed by atoms with Crippen LogP contribution in [0.2, 0.25) is 0 Å². The van der Waals surface area contributed by atoms with Crippen LogP contribution in [0, 0.1) is 0 Å². The van der Waals surface area contributed by atoms with Gasteiger partial charge in [0.05, 0.1) is 34.4 Å². The second-order valence-corrected chi connectivity index (χ2v) is 29.0. The molecule has 0 rings (SSSR count). The predicted octanol–water partition coefficient (Wildman–Crippen LogP) is 28.0. The molecular formula is C96H158NO8+. The highest BCUT2D eigenvalue weighted by molar-refractivity contribution is 5.71. The number of carbonyl (C=O) groups excluding carboxylic acids is 2. The number of allylic oxidation sites excluding steroid dienone is 32. The van der Waals surface area contributed by atoms with Crippen LogP contribution in [0.15, 0.2) is 194 Å². The molecule has 0 saturated carbocycles. The molecule has 0 aliphatic rings. The van der Waals surface area contributed by atoms with E-state index in [2.05, 4.69) is 208 Å². The van der Waals surface area contributed by atoms with Crippen molar-refractivity contribution in [2.75, 3.05) is 47.5 Å². The van der Waals surface area contributed by atoms with Gasteiger partial charge in [-0.25, -0.2) is 4.79 Å². The molecule has 0 aromatic heterocycles. The second kappa shape index (κ2) is 83.8. The molecule has 9 heteroatoms. The molecule has 1 N–H and O–H groups in total. The number of rotatable bonds is 77. The van der Waals surface area contributed by atoms with E-state index < -0.39 is 24.3 Å². The monoisotopic (exact) mass is 1450 g/mol. The predicted molar refractivity (Wildman–Crippen MR) is 456 cm³/mol. The van der Waals surface area contributed by atoms with Gasteiger partial charge in [-0.2, -0.15) is 0 Å². The number of unbranched alkanes of at least 4 members (excludes halogenated alkanes) is 30. The summed E-state index contributed by atoms with van der Waals surface area (Å²) in [5.41, 5.74) is 0. The molecular weight excluding hydrogens is 1300 g/mol. The van der Waals surface area contributed by atoms with Crippen molar-refractivity contribution in [3.8, 4) is 0 Å². The largest absolute Gasteiger partial charge is 0.477 e. The van der Waals surface area contributed by atoms with Gasteiger partial charge in [-0.15, -0.1) is 0 Å². The minimum atomic E-state index is -1.53. The number of likely N-dealkylation sites (N-methyl/N-ethyl adjacent to an activating group) is 1. The number of aliphatic carboxylic acids is 1. The number of ether oxygens (including phenoxy) is 4. The Bertz CT molecular complexity index is 2450. The molecule has 0 aromatic rings. The fourth-order valence-corrected chi connectivity index (χ4v) is 11.5. The summed E-state index contributed by atoms with van der Waals surface area (Å²) < 4.78 is 23.0. The Morgan fingerprint density at radius 1 is 0.286 bits per heavy atom. The highest BCUT2D eigenvalue weighted by Crippen LogP contribution is 2.18. The quantitative estimate of drug-likeness (QED) is 0.0211. The molecule has 0 bridgehead atoms. The second-order valence-electron chi connectivity index (χ2n) is 29.0. The summed E-state index contributed by atoms with van der Waals surface area (Å²) in [6.07, 6.45) is 126. The van der Waals surface area contributed by atoms with Crippen molar-refractivity contribution in [3.05, 3.63) is 194 Å². The SMILES string of the molecule is CC/C=C\C/C=C\C/C=C\C/C=C\C/C=C\C/C=C\C/C=C\C/C=C\C/C=C\C/C=C\C/C=C\C/C=C\CCCCC(=O)OC(COC(=O)CCCCCCCCCCCCCCCCCCCCCCCCCCCCCC/C=C\C/C=C\C/C=C\C/C=C\CC)COC(OCC[N+](C)(C)C)C(=O)O. The summed E-state index contributed by atoms with van der Waals surface area (Å²) in [6, 6.07) is 0. The van der Waals surface area contributed by atoms with Crippen molar-refractivity contribution in [3.63, 3.8) is 0 Å². The van der Waals surface area contributed by atoms with Crippen LogP contribution >= 0.6 is 0 Å². The van der Waals surface area contributed by atoms with Crippen LogP contribution in [0.1, 0.15) is 335 Å². The number of hydrogen-bond acceptors (Lipinski definition) is 7. The number of quaternary nitrogens is 1. The molecule has 0 spiro atoms. The summed E-state index contributed by atoms with van der Waals surface area (Å²) in [5.74, 6) is -2.07. The zero-order valence-corrected chi connectivity index (χ0v) is 68.1. The number of carboxylic acids is 1. The van der Waals surface area contributed by atoms with Gasteiger partial charge in [-0.3, -0.25) is 9.59 Å². The maximum absolute atomic E-state index is 13.0. The van der Waals surface area contributed by atoms with Crippen molar-refractivity contribution in [2.45, 2.75) is 347 Å². The minimum Gasteiger partial charge on any atom is -0.477 e. The van der Waals surface area contributed by atoms with Crippen molar-refractivity contribution in [2.24, 2.45) is 0 Å². The lowest BCUT2D eigenvalue weighted by Gasteiger charge is -2.25. The van der Waals surface area contributed by atoms with Gasteiger partial charge in [0, 0.05) is 12.8 Å². The summed E-state index contributed by atoms with van der Waals surface area (Å²) in [5, 5.41) is 9.78. The minimum absolute atomic E-state index is 0.171. The molecule has 0 heterocycles. The van der Waals surface area contributed by atoms with Crippen molar-refractivity contribution in [1.29, 1.82) is 0 Å². The lowest BCUT2D eigenvalue weighted by atomic mass is 10.0. The first-order valence-electron chi connectivity index (χ1n) is 42.6. The molecule has 0 aromatic carbocycles. The smallest absolute Gasteiger partial charge is 0.361 e. The Labute approximate surface area is 646 Å². The van der Waals surface area contributed by atoms with Gasteiger partial charge in [-0.05, 0) is 141 Å². The third-order valence-corrected chi connectivity index (χ3v) is 17.8. The average Bonchev–Trinajstić information content (AvgIpc) is 1.97. The molecule has 0 aliphatic carbocycles. The highest BCUT2D eigenvalue weighted by Gasteiger charge is 2.25. The summed E-state index contributed by atoms with van der Waals surface area (Å²) in [6.45, 7) is 4.61. The normalized spacial score (nSPS) is 13.6. The van der Waals surface area contributed by atoms with Crippen LogP contribution in [-0.2, 0) is 33.3 Å². The first-order chi connectivity index (χ1) is 51.6. The van der Waals surface area contributed by atoms with E-state index in [4.69, 9.17) is 18.9 Å². The fourth-order valence-electron chi connectivity index (χ4n) is 11.5. The number of esters is 2. The van der Waals surface area contributed by atoms with E-state index in [1.807, 2.05) is 21.1 Å². The fraction of sp³-hybridized carbons (Fsp3) is 0.635. The maximum atomic E-state index is 13.0. The van der Waals surface area contributed by atoms with Crippen molar-refractivity contribution < 1.29 is 42.9 Å². The van der Waals surface area contributed by atoms with E-state index >= 15 is 0 Å². The Kier molecular flexibility index (Phi) is 79.1. The summed E-state index contributed by atoms with van der Waals surface area (Å²) in [7, 11) is 5.96. The van der Waals surface area contributed by atoms with Crippen LogP contribution in [0.4, 0.5) is 0 Å². The molecule has 0 aliphatic heterocycles. The van der Waals surface area contributed by atoms with Crippen LogP contribution in [0.25, 0.3) is 0 Å². The van der Waals surface area contributed by atoms with E-state index in [-0.39, 0.29) is 38.6 Å². The lowest BCUT2D eigenvalue weighted by Crippen LogP contribution is -2.40. The molecule has 9 nitrogen and oxygen atoms in total. The van der Waals surface area contributed by atoms with Gasteiger partial charge in [-0.1, -0.05) is 375 Å². The number of hydrogen-bond donors (Lipinski definition) is 1. The van der Waals surface area contributed by atoms with Crippen LogP contribution < -0.4 is 0 Å². The number of nitrogens with zero attached hydrogens (tertiary/aromatic N) is 1. The average molecular weight is 1450 g/mol. The Morgan fingerprint density at radius 3 is 0.781 bits per heavy atom. The van der Waals surface area contributed by atoms with Gasteiger partial charge < -0.3 is 28.5 Å². The molecule has 2 unspecified atom stereocenters. The van der Waals surface area contributed by atoms with E-state index in [0.717, 1.165) is 135 Å². The Morgan fingerprint density at radius 2 is 0.514 bits per heavy atom. The molecule has 0 saturated heterocycles. The molecule has 0 radical (unpaired) electrons. The van der Waals surface area contributed by atoms with E-state index in [1.165, 1.54) is 167 Å². The van der Waals surface area contributed by atoms with Gasteiger partial charge in [0.25, 0.3) is 6.29 Å². The molecule has 594 valence electrons. The number of carboxylic acid groups (broad SMARTS) is 1. The standard InChI is InChI=1S/C96H157NO8/c1-6-8-10-12-14-16-18-20-22-24-26-28-30-32-34-36-38-40-42-44-46-47-49-50-52-54-56-58-60-62-64-66-68-70-72-74-76-78-80-82-84-86-93(98)103-90-92(91-104-96(95(100)101)102-89-88-97(3,4)5)105-94(99)87-85-83-81-79-77-75-73-71-69-67-65-63-61-59-57-55-53-51-48-45-43-41-39-37-35-33-31-29-27-25-23-21-19-17-15-13-11-9-7-2/h8-11,14-17,20-23,26-29,33,35,39,41,45,48,53,55,59,61,65,67,71,73,77,79,92,96H,6-7,12-13,18-19,24-25,30-32,34,36-38,40,42-44,46-47,49-52,54,56-58,60,62-64,66,68-70,72,74-76,78,80-91H2,1-5H3/p+1/b10-8-,11-9-,16-14-,17-15-,22-20-,23-21-,28-26-,29-27-,35-33-,41-39-,48-45-,55-53-,61-59-,67-65-,73-71-,79-77-. The van der Waals surface area contributed by atoms with E-state index in [9.17, 15) is 19.5 Å². The van der Waals surface area contributed by atoms with Crippen molar-refractivity contribution in [1.82, 2.24) is 0 Å². The zero-order chi connectivity index (χ0) is 76.0. The first kappa shape index (κ1) is 99.1. The van der Waals surface area contributed by atoms with Crippen LogP contribution in [0.5, 0.6) is 0 Å². The van der Waals surface area contributed by atoms with Gasteiger partial charge in [0.15, 0.2) is 6.10 Å². The third kappa shape index (κ3) is 85.3. The van der Waals surface area contributed by atoms with Gasteiger partial charge in [0.2, 0.25) is 0 Å². The van der Waals surface area contributed by atoms with E-state index in [0.29, 0.717) is 17.4 Å². The topological polar surface area (TPSA) is 108 Å². The third-order valence-electron chi connectivity index (χ3n) is 17.8. The van der Waals surface area contributed by atoms with Crippen LogP contribution in [-0.4, -0.2) is 87.4 Å². The van der Waals surface area contributed by atoms with Crippen LogP contribution in [0.3, 0.4) is 0 Å².